The molecular formula is C17H34N2O2. The molecule has 0 aliphatic carbocycles. The first-order chi connectivity index (χ1) is 10.0. The van der Waals surface area contributed by atoms with Crippen molar-refractivity contribution in [3.8, 4) is 0 Å². The molecule has 4 nitrogen and oxygen atoms in total. The fourth-order valence-corrected chi connectivity index (χ4v) is 3.59. The Morgan fingerprint density at radius 1 is 1.24 bits per heavy atom. The van der Waals surface area contributed by atoms with E-state index in [1.54, 1.807) is 0 Å². The second-order valence-corrected chi connectivity index (χ2v) is 7.24. The van der Waals surface area contributed by atoms with E-state index in [4.69, 9.17) is 4.74 Å². The van der Waals surface area contributed by atoms with Gasteiger partial charge < -0.3 is 14.7 Å². The molecule has 0 aromatic rings. The van der Waals surface area contributed by atoms with Crippen LogP contribution in [0.2, 0.25) is 0 Å². The average molecular weight is 298 g/mol. The average Bonchev–Trinajstić information content (AvgIpc) is 2.48. The molecule has 2 rings (SSSR count). The summed E-state index contributed by atoms with van der Waals surface area (Å²) in [6, 6.07) is 0. The van der Waals surface area contributed by atoms with Crippen LogP contribution in [0.5, 0.6) is 0 Å². The van der Waals surface area contributed by atoms with E-state index in [0.717, 1.165) is 19.0 Å². The van der Waals surface area contributed by atoms with E-state index in [0.29, 0.717) is 12.0 Å². The highest BCUT2D eigenvalue weighted by molar-refractivity contribution is 4.86. The number of morpholine rings is 1. The summed E-state index contributed by atoms with van der Waals surface area (Å²) >= 11 is 0. The van der Waals surface area contributed by atoms with Crippen LogP contribution in [0.3, 0.4) is 0 Å². The Hall–Kier alpha value is -0.160. The van der Waals surface area contributed by atoms with E-state index in [9.17, 15) is 5.11 Å². The number of aliphatic hydroxyl groups is 1. The number of hydrogen-bond acceptors (Lipinski definition) is 4. The van der Waals surface area contributed by atoms with Crippen LogP contribution in [0.25, 0.3) is 0 Å². The molecule has 0 aromatic carbocycles. The molecule has 2 aliphatic heterocycles. The summed E-state index contributed by atoms with van der Waals surface area (Å²) in [4.78, 5) is 4.76. The number of piperidine rings is 1. The Kier molecular flexibility index (Phi) is 6.48. The molecule has 2 fully saturated rings. The molecule has 0 bridgehead atoms. The third kappa shape index (κ3) is 4.65. The van der Waals surface area contributed by atoms with Crippen molar-refractivity contribution in [2.24, 2.45) is 11.8 Å². The van der Waals surface area contributed by atoms with Crippen molar-refractivity contribution in [3.63, 3.8) is 0 Å². The molecule has 1 unspecified atom stereocenters. The molecule has 4 heteroatoms. The Balaban J connectivity index is 1.79. The highest BCUT2D eigenvalue weighted by Gasteiger charge is 2.37. The summed E-state index contributed by atoms with van der Waals surface area (Å²) in [5.41, 5.74) is 0. The van der Waals surface area contributed by atoms with Gasteiger partial charge in [0.2, 0.25) is 0 Å². The zero-order chi connectivity index (χ0) is 15.4. The summed E-state index contributed by atoms with van der Waals surface area (Å²) < 4.78 is 6.09. The molecule has 0 spiro atoms. The van der Waals surface area contributed by atoms with E-state index in [1.807, 2.05) is 6.92 Å². The first-order valence-corrected chi connectivity index (χ1v) is 8.81. The SMILES string of the molecule is CCN1C[C@@H](C2CCN(CCC(C)C)CC2)O[C@@H](C)C1O. The Morgan fingerprint density at radius 2 is 1.90 bits per heavy atom. The van der Waals surface area contributed by atoms with Crippen LogP contribution in [0, 0.1) is 11.8 Å². The third-order valence-corrected chi connectivity index (χ3v) is 5.18. The van der Waals surface area contributed by atoms with E-state index in [1.165, 1.54) is 38.9 Å². The lowest BCUT2D eigenvalue weighted by atomic mass is 9.89. The lowest BCUT2D eigenvalue weighted by Gasteiger charge is -2.45. The second kappa shape index (κ2) is 7.91. The molecule has 2 saturated heterocycles. The maximum atomic E-state index is 10.1. The molecule has 0 saturated carbocycles. The molecule has 3 atom stereocenters. The standard InChI is InChI=1S/C17H34N2O2/c1-5-19-12-16(21-14(4)17(19)20)15-7-10-18(11-8-15)9-6-13(2)3/h13-17,20H,5-12H2,1-4H3/t14-,16-,17?/m0/s1. The largest absolute Gasteiger partial charge is 0.376 e. The second-order valence-electron chi connectivity index (χ2n) is 7.24. The molecule has 0 aromatic heterocycles. The van der Waals surface area contributed by atoms with Gasteiger partial charge in [0.15, 0.2) is 0 Å². The number of hydrogen-bond donors (Lipinski definition) is 1. The van der Waals surface area contributed by atoms with Crippen LogP contribution in [-0.4, -0.2) is 66.1 Å². The molecule has 2 aliphatic rings. The van der Waals surface area contributed by atoms with Gasteiger partial charge in [0.25, 0.3) is 0 Å². The van der Waals surface area contributed by atoms with Gasteiger partial charge in [-0.25, -0.2) is 0 Å². The van der Waals surface area contributed by atoms with Crippen molar-refractivity contribution in [1.29, 1.82) is 0 Å². The highest BCUT2D eigenvalue weighted by atomic mass is 16.5. The van der Waals surface area contributed by atoms with Crippen molar-refractivity contribution in [1.82, 2.24) is 9.80 Å². The van der Waals surface area contributed by atoms with Crippen LogP contribution >= 0.6 is 0 Å². The molecule has 0 radical (unpaired) electrons. The Morgan fingerprint density at radius 3 is 2.48 bits per heavy atom. The van der Waals surface area contributed by atoms with Crippen LogP contribution < -0.4 is 0 Å². The number of likely N-dealkylation sites (N-methyl/N-ethyl adjacent to an activating group) is 1. The van der Waals surface area contributed by atoms with E-state index in [2.05, 4.69) is 30.6 Å². The molecule has 124 valence electrons. The highest BCUT2D eigenvalue weighted by Crippen LogP contribution is 2.28. The first-order valence-electron chi connectivity index (χ1n) is 8.81. The maximum Gasteiger partial charge on any atom is 0.133 e. The minimum Gasteiger partial charge on any atom is -0.376 e. The topological polar surface area (TPSA) is 35.9 Å². The van der Waals surface area contributed by atoms with Crippen molar-refractivity contribution in [2.75, 3.05) is 32.7 Å². The van der Waals surface area contributed by atoms with E-state index >= 15 is 0 Å². The molecule has 21 heavy (non-hydrogen) atoms. The van der Waals surface area contributed by atoms with Crippen molar-refractivity contribution in [3.05, 3.63) is 0 Å². The van der Waals surface area contributed by atoms with Crippen LogP contribution in [0.1, 0.15) is 47.0 Å². The predicted octanol–water partition coefficient (Wildman–Crippen LogP) is 2.17. The van der Waals surface area contributed by atoms with Crippen molar-refractivity contribution < 1.29 is 9.84 Å². The fraction of sp³-hybridized carbons (Fsp3) is 1.00. The van der Waals surface area contributed by atoms with Gasteiger partial charge in [-0.2, -0.15) is 0 Å². The minimum absolute atomic E-state index is 0.0670. The Bertz CT molecular complexity index is 303. The van der Waals surface area contributed by atoms with Gasteiger partial charge >= 0.3 is 0 Å². The summed E-state index contributed by atoms with van der Waals surface area (Å²) in [5.74, 6) is 1.45. The van der Waals surface area contributed by atoms with Gasteiger partial charge in [0, 0.05) is 6.54 Å². The van der Waals surface area contributed by atoms with Gasteiger partial charge in [-0.3, -0.25) is 4.90 Å². The predicted molar refractivity (Wildman–Crippen MR) is 86.2 cm³/mol. The summed E-state index contributed by atoms with van der Waals surface area (Å²) in [6.07, 6.45) is 3.58. The number of ether oxygens (including phenoxy) is 1. The zero-order valence-corrected chi connectivity index (χ0v) is 14.3. The van der Waals surface area contributed by atoms with Crippen molar-refractivity contribution >= 4 is 0 Å². The van der Waals surface area contributed by atoms with Crippen LogP contribution in [-0.2, 0) is 4.74 Å². The normalized spacial score (nSPS) is 33.7. The smallest absolute Gasteiger partial charge is 0.133 e. The monoisotopic (exact) mass is 298 g/mol. The molecular weight excluding hydrogens is 264 g/mol. The third-order valence-electron chi connectivity index (χ3n) is 5.18. The van der Waals surface area contributed by atoms with E-state index < -0.39 is 6.23 Å². The fourth-order valence-electron chi connectivity index (χ4n) is 3.59. The van der Waals surface area contributed by atoms with Gasteiger partial charge in [0.1, 0.15) is 6.23 Å². The molecule has 0 amide bonds. The van der Waals surface area contributed by atoms with Gasteiger partial charge in [-0.15, -0.1) is 0 Å². The number of rotatable bonds is 5. The van der Waals surface area contributed by atoms with Crippen LogP contribution in [0.4, 0.5) is 0 Å². The first kappa shape index (κ1) is 17.2. The minimum atomic E-state index is -0.433. The number of likely N-dealkylation sites (tertiary alicyclic amines) is 1. The lowest BCUT2D eigenvalue weighted by Crippen LogP contribution is -2.56. The Labute approximate surface area is 130 Å². The van der Waals surface area contributed by atoms with Crippen LogP contribution in [0.15, 0.2) is 0 Å². The summed E-state index contributed by atoms with van der Waals surface area (Å²) in [6.45, 7) is 14.2. The molecule has 1 N–H and O–H groups in total. The maximum absolute atomic E-state index is 10.1. The van der Waals surface area contributed by atoms with Crippen molar-refractivity contribution in [2.45, 2.75) is 65.4 Å². The van der Waals surface area contributed by atoms with Gasteiger partial charge in [-0.1, -0.05) is 20.8 Å². The summed E-state index contributed by atoms with van der Waals surface area (Å²) in [7, 11) is 0. The zero-order valence-electron chi connectivity index (χ0n) is 14.3. The number of nitrogens with zero attached hydrogens (tertiary/aromatic N) is 2. The lowest BCUT2D eigenvalue weighted by molar-refractivity contribution is -0.196. The van der Waals surface area contributed by atoms with Gasteiger partial charge in [0.05, 0.1) is 12.2 Å². The molecule has 2 heterocycles. The quantitative estimate of drug-likeness (QED) is 0.844. The summed E-state index contributed by atoms with van der Waals surface area (Å²) in [5, 5.41) is 10.1. The van der Waals surface area contributed by atoms with Gasteiger partial charge in [-0.05, 0) is 64.2 Å². The number of aliphatic hydroxyl groups excluding tert-OH is 1. The van der Waals surface area contributed by atoms with E-state index in [-0.39, 0.29) is 6.10 Å².